The van der Waals surface area contributed by atoms with Gasteiger partial charge in [-0.1, -0.05) is 0 Å². The third kappa shape index (κ3) is 3.16. The number of likely N-dealkylation sites (tertiary alicyclic amines) is 2. The lowest BCUT2D eigenvalue weighted by Gasteiger charge is -2.37. The van der Waals surface area contributed by atoms with Crippen LogP contribution >= 0.6 is 0 Å². The molecule has 3 nitrogen and oxygen atoms in total. The summed E-state index contributed by atoms with van der Waals surface area (Å²) in [5.74, 6) is 0.900. The summed E-state index contributed by atoms with van der Waals surface area (Å²) in [6.45, 7) is 8.46. The van der Waals surface area contributed by atoms with Crippen molar-refractivity contribution in [1.82, 2.24) is 9.80 Å². The van der Waals surface area contributed by atoms with Gasteiger partial charge in [-0.25, -0.2) is 0 Å². The molecule has 2 N–H and O–H groups in total. The van der Waals surface area contributed by atoms with Gasteiger partial charge in [0, 0.05) is 18.6 Å². The van der Waals surface area contributed by atoms with Crippen LogP contribution in [0.15, 0.2) is 0 Å². The van der Waals surface area contributed by atoms with Gasteiger partial charge >= 0.3 is 0 Å². The van der Waals surface area contributed by atoms with Crippen molar-refractivity contribution < 1.29 is 0 Å². The molecule has 2 aliphatic rings. The minimum atomic E-state index is 0.100. The second-order valence-electron chi connectivity index (χ2n) is 5.87. The van der Waals surface area contributed by atoms with Gasteiger partial charge in [0.05, 0.1) is 0 Å². The van der Waals surface area contributed by atoms with Crippen LogP contribution in [-0.4, -0.2) is 55.1 Å². The summed E-state index contributed by atoms with van der Waals surface area (Å²) in [5.41, 5.74) is 6.24. The van der Waals surface area contributed by atoms with E-state index >= 15 is 0 Å². The van der Waals surface area contributed by atoms with Crippen LogP contribution in [0.25, 0.3) is 0 Å². The number of hydrogen-bond acceptors (Lipinski definition) is 3. The highest BCUT2D eigenvalue weighted by Crippen LogP contribution is 2.22. The van der Waals surface area contributed by atoms with E-state index in [9.17, 15) is 0 Å². The summed E-state index contributed by atoms with van der Waals surface area (Å²) in [6.07, 6.45) is 3.71. The predicted molar refractivity (Wildman–Crippen MR) is 63.9 cm³/mol. The van der Waals surface area contributed by atoms with Crippen molar-refractivity contribution in [3.05, 3.63) is 0 Å². The van der Waals surface area contributed by atoms with Crippen LogP contribution in [0.4, 0.5) is 0 Å². The van der Waals surface area contributed by atoms with E-state index in [-0.39, 0.29) is 5.54 Å². The van der Waals surface area contributed by atoms with E-state index < -0.39 is 0 Å². The molecular formula is C12H25N3. The van der Waals surface area contributed by atoms with Gasteiger partial charge in [-0.05, 0) is 58.8 Å². The zero-order chi connectivity index (χ0) is 10.9. The molecule has 0 saturated carbocycles. The standard InChI is InChI=1S/C12H25N3/c1-12(13)4-7-15(8-5-12)10-11-3-6-14(2)9-11/h11H,3-10,13H2,1-2H3/t11-/m1/s1. The highest BCUT2D eigenvalue weighted by Gasteiger charge is 2.28. The highest BCUT2D eigenvalue weighted by molar-refractivity contribution is 4.87. The molecule has 15 heavy (non-hydrogen) atoms. The first-order chi connectivity index (χ1) is 7.05. The first kappa shape index (κ1) is 11.4. The molecule has 2 aliphatic heterocycles. The molecular weight excluding hydrogens is 186 g/mol. The van der Waals surface area contributed by atoms with Gasteiger partial charge < -0.3 is 15.5 Å². The Bertz CT molecular complexity index is 205. The van der Waals surface area contributed by atoms with E-state index in [0.29, 0.717) is 0 Å². The summed E-state index contributed by atoms with van der Waals surface area (Å²) < 4.78 is 0. The molecule has 0 bridgehead atoms. The highest BCUT2D eigenvalue weighted by atomic mass is 15.2. The number of nitrogens with two attached hydrogens (primary N) is 1. The molecule has 0 amide bonds. The van der Waals surface area contributed by atoms with Gasteiger partial charge in [-0.2, -0.15) is 0 Å². The fraction of sp³-hybridized carbons (Fsp3) is 1.00. The average Bonchev–Trinajstić information content (AvgIpc) is 2.55. The number of piperidine rings is 1. The maximum atomic E-state index is 6.14. The Labute approximate surface area is 93.6 Å². The monoisotopic (exact) mass is 211 g/mol. The zero-order valence-corrected chi connectivity index (χ0v) is 10.2. The van der Waals surface area contributed by atoms with Crippen molar-refractivity contribution in [3.63, 3.8) is 0 Å². The lowest BCUT2D eigenvalue weighted by atomic mass is 9.90. The largest absolute Gasteiger partial charge is 0.325 e. The molecule has 2 heterocycles. The Balaban J connectivity index is 1.73. The molecule has 0 radical (unpaired) electrons. The Hall–Kier alpha value is -0.120. The Morgan fingerprint density at radius 2 is 1.93 bits per heavy atom. The topological polar surface area (TPSA) is 32.5 Å². The lowest BCUT2D eigenvalue weighted by molar-refractivity contribution is 0.151. The van der Waals surface area contributed by atoms with Gasteiger partial charge in [0.2, 0.25) is 0 Å². The summed E-state index contributed by atoms with van der Waals surface area (Å²) in [6, 6.07) is 0. The molecule has 0 unspecified atom stereocenters. The van der Waals surface area contributed by atoms with Crippen LogP contribution in [0, 0.1) is 5.92 Å². The fourth-order valence-corrected chi connectivity index (χ4v) is 2.79. The van der Waals surface area contributed by atoms with Crippen molar-refractivity contribution in [1.29, 1.82) is 0 Å². The second-order valence-corrected chi connectivity index (χ2v) is 5.87. The summed E-state index contributed by atoms with van der Waals surface area (Å²) in [7, 11) is 2.23. The molecule has 2 fully saturated rings. The SMILES string of the molecule is CN1CC[C@@H](CN2CCC(C)(N)CC2)C1. The Morgan fingerprint density at radius 3 is 2.47 bits per heavy atom. The lowest BCUT2D eigenvalue weighted by Crippen LogP contribution is -2.49. The molecule has 1 atom stereocenters. The quantitative estimate of drug-likeness (QED) is 0.731. The normalized spacial score (nSPS) is 33.4. The number of hydrogen-bond donors (Lipinski definition) is 1. The van der Waals surface area contributed by atoms with Gasteiger partial charge in [-0.3, -0.25) is 0 Å². The zero-order valence-electron chi connectivity index (χ0n) is 10.2. The van der Waals surface area contributed by atoms with Crippen LogP contribution in [0.3, 0.4) is 0 Å². The Kier molecular flexibility index (Phi) is 3.33. The third-order valence-corrected chi connectivity index (χ3v) is 4.00. The van der Waals surface area contributed by atoms with Crippen LogP contribution in [-0.2, 0) is 0 Å². The van der Waals surface area contributed by atoms with Gasteiger partial charge in [0.1, 0.15) is 0 Å². The molecule has 0 aliphatic carbocycles. The van der Waals surface area contributed by atoms with E-state index in [4.69, 9.17) is 5.73 Å². The van der Waals surface area contributed by atoms with E-state index in [1.807, 2.05) is 0 Å². The molecule has 2 saturated heterocycles. The van der Waals surface area contributed by atoms with Gasteiger partial charge in [0.25, 0.3) is 0 Å². The smallest absolute Gasteiger partial charge is 0.0150 e. The van der Waals surface area contributed by atoms with Crippen molar-refractivity contribution in [2.45, 2.75) is 31.7 Å². The van der Waals surface area contributed by atoms with Gasteiger partial charge in [0.15, 0.2) is 0 Å². The van der Waals surface area contributed by atoms with Gasteiger partial charge in [-0.15, -0.1) is 0 Å². The van der Waals surface area contributed by atoms with Crippen LogP contribution in [0.1, 0.15) is 26.2 Å². The molecule has 0 spiro atoms. The Morgan fingerprint density at radius 1 is 1.27 bits per heavy atom. The molecule has 0 aromatic carbocycles. The number of rotatable bonds is 2. The predicted octanol–water partition coefficient (Wildman–Crippen LogP) is 0.751. The van der Waals surface area contributed by atoms with Crippen molar-refractivity contribution in [3.8, 4) is 0 Å². The van der Waals surface area contributed by atoms with E-state index in [2.05, 4.69) is 23.8 Å². The summed E-state index contributed by atoms with van der Waals surface area (Å²) in [4.78, 5) is 5.06. The van der Waals surface area contributed by atoms with Crippen LogP contribution in [0.2, 0.25) is 0 Å². The first-order valence-electron chi connectivity index (χ1n) is 6.25. The first-order valence-corrected chi connectivity index (χ1v) is 6.25. The fourth-order valence-electron chi connectivity index (χ4n) is 2.79. The minimum absolute atomic E-state index is 0.100. The molecule has 2 rings (SSSR count). The van der Waals surface area contributed by atoms with Crippen molar-refractivity contribution >= 4 is 0 Å². The summed E-state index contributed by atoms with van der Waals surface area (Å²) in [5, 5.41) is 0. The maximum absolute atomic E-state index is 6.14. The second kappa shape index (κ2) is 4.40. The van der Waals surface area contributed by atoms with Crippen molar-refractivity contribution in [2.75, 3.05) is 39.8 Å². The van der Waals surface area contributed by atoms with E-state index in [0.717, 1.165) is 18.8 Å². The van der Waals surface area contributed by atoms with E-state index in [1.54, 1.807) is 0 Å². The van der Waals surface area contributed by atoms with Crippen molar-refractivity contribution in [2.24, 2.45) is 11.7 Å². The summed E-state index contributed by atoms with van der Waals surface area (Å²) >= 11 is 0. The minimum Gasteiger partial charge on any atom is -0.325 e. The maximum Gasteiger partial charge on any atom is 0.0150 e. The third-order valence-electron chi connectivity index (χ3n) is 4.00. The molecule has 0 aromatic rings. The number of nitrogens with zero attached hydrogens (tertiary/aromatic N) is 2. The van der Waals surface area contributed by atoms with Crippen LogP contribution in [0.5, 0.6) is 0 Å². The molecule has 0 aromatic heterocycles. The average molecular weight is 211 g/mol. The molecule has 88 valence electrons. The van der Waals surface area contributed by atoms with E-state index in [1.165, 1.54) is 39.1 Å². The van der Waals surface area contributed by atoms with Crippen LogP contribution < -0.4 is 5.73 Å². The molecule has 3 heteroatoms.